The van der Waals surface area contributed by atoms with Gasteiger partial charge in [-0.05, 0) is 6.07 Å². The smallest absolute Gasteiger partial charge is 0.264 e. The highest BCUT2D eigenvalue weighted by Crippen LogP contribution is 1.88. The van der Waals surface area contributed by atoms with Crippen LogP contribution in [-0.4, -0.2) is 17.3 Å². The number of aromatic nitrogens is 2. The van der Waals surface area contributed by atoms with E-state index in [1.165, 1.54) is 6.07 Å². The van der Waals surface area contributed by atoms with Gasteiger partial charge in [0.15, 0.2) is 0 Å². The Kier molecular flexibility index (Phi) is 2.17. The van der Waals surface area contributed by atoms with Gasteiger partial charge in [-0.3, -0.25) is 4.79 Å². The van der Waals surface area contributed by atoms with Crippen molar-refractivity contribution in [2.75, 3.05) is 7.11 Å². The molecule has 0 aromatic carbocycles. The van der Waals surface area contributed by atoms with Crippen LogP contribution < -0.4 is 5.56 Å². The van der Waals surface area contributed by atoms with E-state index in [1.54, 1.807) is 13.2 Å². The minimum atomic E-state index is -0.195. The normalized spacial score (nSPS) is 9.70. The molecule has 0 atom stereocenters. The predicted molar refractivity (Wildman–Crippen MR) is 35.6 cm³/mol. The van der Waals surface area contributed by atoms with Gasteiger partial charge in [-0.15, -0.1) is 0 Å². The van der Waals surface area contributed by atoms with Crippen molar-refractivity contribution < 1.29 is 4.74 Å². The molecule has 4 nitrogen and oxygen atoms in total. The summed E-state index contributed by atoms with van der Waals surface area (Å²) in [7, 11) is 1.58. The average molecular weight is 140 g/mol. The van der Waals surface area contributed by atoms with Crippen LogP contribution in [0.1, 0.15) is 5.69 Å². The van der Waals surface area contributed by atoms with E-state index < -0.39 is 0 Å². The minimum absolute atomic E-state index is 0.195. The standard InChI is InChI=1S/C6H8N2O2/c1-10-4-5-2-3-6(9)8-7-5/h2-3H,4H2,1H3,(H,8,9). The van der Waals surface area contributed by atoms with Gasteiger partial charge in [0.25, 0.3) is 5.56 Å². The van der Waals surface area contributed by atoms with Gasteiger partial charge < -0.3 is 4.74 Å². The van der Waals surface area contributed by atoms with Crippen LogP contribution in [0.5, 0.6) is 0 Å². The van der Waals surface area contributed by atoms with Gasteiger partial charge in [0, 0.05) is 13.2 Å². The molecule has 1 rings (SSSR count). The van der Waals surface area contributed by atoms with E-state index in [4.69, 9.17) is 4.74 Å². The molecule has 0 unspecified atom stereocenters. The third kappa shape index (κ3) is 1.66. The van der Waals surface area contributed by atoms with Crippen molar-refractivity contribution in [2.24, 2.45) is 0 Å². The van der Waals surface area contributed by atoms with Crippen LogP contribution in [0.3, 0.4) is 0 Å². The summed E-state index contributed by atoms with van der Waals surface area (Å²) in [5.41, 5.74) is 0.530. The van der Waals surface area contributed by atoms with Gasteiger partial charge in [-0.1, -0.05) is 0 Å². The third-order valence-corrected chi connectivity index (χ3v) is 1.03. The number of hydrogen-bond donors (Lipinski definition) is 1. The summed E-state index contributed by atoms with van der Waals surface area (Å²) in [6.45, 7) is 0.427. The van der Waals surface area contributed by atoms with Crippen LogP contribution in [0.25, 0.3) is 0 Å². The van der Waals surface area contributed by atoms with Gasteiger partial charge >= 0.3 is 0 Å². The molecule has 0 spiro atoms. The van der Waals surface area contributed by atoms with E-state index in [9.17, 15) is 4.79 Å². The molecule has 1 aromatic rings. The lowest BCUT2D eigenvalue weighted by Crippen LogP contribution is -2.07. The van der Waals surface area contributed by atoms with E-state index in [-0.39, 0.29) is 5.56 Å². The molecule has 0 amide bonds. The Balaban J connectivity index is 2.79. The van der Waals surface area contributed by atoms with Crippen molar-refractivity contribution in [2.45, 2.75) is 6.61 Å². The van der Waals surface area contributed by atoms with Crippen molar-refractivity contribution in [1.82, 2.24) is 10.2 Å². The fourth-order valence-corrected chi connectivity index (χ4v) is 0.602. The number of methoxy groups -OCH3 is 1. The van der Waals surface area contributed by atoms with Crippen LogP contribution in [0.2, 0.25) is 0 Å². The molecule has 0 aliphatic heterocycles. The zero-order chi connectivity index (χ0) is 7.40. The zero-order valence-electron chi connectivity index (χ0n) is 5.63. The summed E-state index contributed by atoms with van der Waals surface area (Å²) < 4.78 is 4.78. The summed E-state index contributed by atoms with van der Waals surface area (Å²) in [5, 5.41) is 6.00. The first kappa shape index (κ1) is 6.95. The zero-order valence-corrected chi connectivity index (χ0v) is 5.63. The molecule has 0 aliphatic rings. The second kappa shape index (κ2) is 3.12. The van der Waals surface area contributed by atoms with Gasteiger partial charge in [-0.2, -0.15) is 5.10 Å². The van der Waals surface area contributed by atoms with Crippen LogP contribution >= 0.6 is 0 Å². The Bertz CT molecular complexity index is 236. The van der Waals surface area contributed by atoms with Crippen molar-refractivity contribution in [3.05, 3.63) is 28.2 Å². The summed E-state index contributed by atoms with van der Waals surface area (Å²) >= 11 is 0. The summed E-state index contributed by atoms with van der Waals surface area (Å²) in [6.07, 6.45) is 0. The molecule has 0 bridgehead atoms. The number of H-pyrrole nitrogens is 1. The first-order chi connectivity index (χ1) is 4.83. The second-order valence-corrected chi connectivity index (χ2v) is 1.85. The molecule has 0 fully saturated rings. The number of nitrogens with one attached hydrogen (secondary N) is 1. The first-order valence-corrected chi connectivity index (χ1v) is 2.86. The molecule has 4 heteroatoms. The third-order valence-electron chi connectivity index (χ3n) is 1.03. The van der Waals surface area contributed by atoms with Crippen LogP contribution in [-0.2, 0) is 11.3 Å². The fourth-order valence-electron chi connectivity index (χ4n) is 0.602. The Labute approximate surface area is 57.8 Å². The van der Waals surface area contributed by atoms with E-state index >= 15 is 0 Å². The summed E-state index contributed by atoms with van der Waals surface area (Å²) in [5.74, 6) is 0. The topological polar surface area (TPSA) is 55.0 Å². The maximum absolute atomic E-state index is 10.5. The largest absolute Gasteiger partial charge is 0.378 e. The molecule has 10 heavy (non-hydrogen) atoms. The van der Waals surface area contributed by atoms with E-state index in [0.29, 0.717) is 6.61 Å². The molecule has 1 aromatic heterocycles. The quantitative estimate of drug-likeness (QED) is 0.625. The Hall–Kier alpha value is -1.16. The first-order valence-electron chi connectivity index (χ1n) is 2.86. The number of aromatic amines is 1. The molecule has 1 heterocycles. The maximum Gasteiger partial charge on any atom is 0.264 e. The molecule has 0 saturated heterocycles. The Morgan fingerprint density at radius 1 is 1.70 bits per heavy atom. The van der Waals surface area contributed by atoms with Crippen LogP contribution in [0.4, 0.5) is 0 Å². The second-order valence-electron chi connectivity index (χ2n) is 1.85. The van der Waals surface area contributed by atoms with E-state index in [1.807, 2.05) is 0 Å². The van der Waals surface area contributed by atoms with Gasteiger partial charge in [0.05, 0.1) is 12.3 Å². The van der Waals surface area contributed by atoms with Crippen molar-refractivity contribution in [3.8, 4) is 0 Å². The molecular weight excluding hydrogens is 132 g/mol. The lowest BCUT2D eigenvalue weighted by Gasteiger charge is -1.93. The monoisotopic (exact) mass is 140 g/mol. The van der Waals surface area contributed by atoms with Crippen molar-refractivity contribution in [1.29, 1.82) is 0 Å². The number of nitrogens with zero attached hydrogens (tertiary/aromatic N) is 1. The maximum atomic E-state index is 10.5. The molecule has 1 N–H and O–H groups in total. The summed E-state index contributed by atoms with van der Waals surface area (Å²) in [4.78, 5) is 10.5. The fraction of sp³-hybridized carbons (Fsp3) is 0.333. The number of ether oxygens (including phenoxy) is 1. The van der Waals surface area contributed by atoms with Gasteiger partial charge in [0.2, 0.25) is 0 Å². The van der Waals surface area contributed by atoms with Gasteiger partial charge in [-0.25, -0.2) is 5.10 Å². The van der Waals surface area contributed by atoms with Crippen molar-refractivity contribution in [3.63, 3.8) is 0 Å². The highest BCUT2D eigenvalue weighted by molar-refractivity contribution is 4.97. The molecule has 0 aliphatic carbocycles. The highest BCUT2D eigenvalue weighted by atomic mass is 16.5. The SMILES string of the molecule is COCc1ccc(=O)[nH]n1. The van der Waals surface area contributed by atoms with Crippen LogP contribution in [0.15, 0.2) is 16.9 Å². The average Bonchev–Trinajstić information content (AvgIpc) is 1.95. The van der Waals surface area contributed by atoms with Crippen molar-refractivity contribution >= 4 is 0 Å². The Morgan fingerprint density at radius 2 is 2.50 bits per heavy atom. The highest BCUT2D eigenvalue weighted by Gasteiger charge is 1.90. The molecule has 0 saturated carbocycles. The lowest BCUT2D eigenvalue weighted by molar-refractivity contribution is 0.180. The van der Waals surface area contributed by atoms with E-state index in [0.717, 1.165) is 5.69 Å². The van der Waals surface area contributed by atoms with Crippen LogP contribution in [0, 0.1) is 0 Å². The predicted octanol–water partition coefficient (Wildman–Crippen LogP) is -0.0837. The summed E-state index contributed by atoms with van der Waals surface area (Å²) in [6, 6.07) is 3.05. The number of hydrogen-bond acceptors (Lipinski definition) is 3. The molecule has 0 radical (unpaired) electrons. The van der Waals surface area contributed by atoms with Gasteiger partial charge in [0.1, 0.15) is 0 Å². The molecular formula is C6H8N2O2. The van der Waals surface area contributed by atoms with E-state index in [2.05, 4.69) is 10.2 Å². The lowest BCUT2D eigenvalue weighted by atomic mass is 10.4. The number of rotatable bonds is 2. The molecule has 54 valence electrons. The minimum Gasteiger partial charge on any atom is -0.378 e. The Morgan fingerprint density at radius 3 is 3.00 bits per heavy atom.